The molecule has 2 rings (SSSR count). The highest BCUT2D eigenvalue weighted by atomic mass is 16.2. The van der Waals surface area contributed by atoms with Crippen molar-refractivity contribution in [1.82, 2.24) is 20.4 Å². The fourth-order valence-electron chi connectivity index (χ4n) is 4.24. The van der Waals surface area contributed by atoms with Crippen molar-refractivity contribution in [3.8, 4) is 0 Å². The lowest BCUT2D eigenvalue weighted by molar-refractivity contribution is -0.127. The number of nitrogens with one attached hydrogen (secondary N) is 2. The third kappa shape index (κ3) is 8.90. The standard InChI is InChI=1S/C25H43N5O/c1-6-26-25(27-14-10-15-30(20(2)3)21(4)5)28-18-23-17-24(31)29(19-23)16-13-22-11-8-7-9-12-22/h7-9,11-12,20-21,23H,6,10,13-19H2,1-5H3,(H2,26,27,28). The van der Waals surface area contributed by atoms with E-state index in [1.165, 1.54) is 5.56 Å². The first-order valence-corrected chi connectivity index (χ1v) is 12.0. The summed E-state index contributed by atoms with van der Waals surface area (Å²) in [5, 5.41) is 6.80. The molecular formula is C25H43N5O. The zero-order valence-electron chi connectivity index (χ0n) is 20.2. The number of guanidine groups is 1. The first-order chi connectivity index (χ1) is 14.9. The summed E-state index contributed by atoms with van der Waals surface area (Å²) in [5.41, 5.74) is 1.28. The van der Waals surface area contributed by atoms with E-state index in [2.05, 4.69) is 74.4 Å². The Morgan fingerprint density at radius 2 is 1.87 bits per heavy atom. The van der Waals surface area contributed by atoms with Gasteiger partial charge >= 0.3 is 0 Å². The number of nitrogens with zero attached hydrogens (tertiary/aromatic N) is 3. The molecule has 0 spiro atoms. The first-order valence-electron chi connectivity index (χ1n) is 12.0. The Hall–Kier alpha value is -2.08. The minimum atomic E-state index is 0.261. The summed E-state index contributed by atoms with van der Waals surface area (Å²) in [6.45, 7) is 16.2. The van der Waals surface area contributed by atoms with Crippen LogP contribution in [-0.2, 0) is 11.2 Å². The predicted octanol–water partition coefficient (Wildman–Crippen LogP) is 3.14. The SMILES string of the molecule is CCNC(=NCC1CC(=O)N(CCc2ccccc2)C1)NCCCN(C(C)C)C(C)C. The van der Waals surface area contributed by atoms with Crippen molar-refractivity contribution >= 4 is 11.9 Å². The minimum absolute atomic E-state index is 0.261. The van der Waals surface area contributed by atoms with E-state index in [1.807, 2.05) is 11.0 Å². The van der Waals surface area contributed by atoms with Gasteiger partial charge < -0.3 is 15.5 Å². The Kier molecular flexibility index (Phi) is 10.9. The first kappa shape index (κ1) is 25.2. The van der Waals surface area contributed by atoms with Crippen molar-refractivity contribution in [2.24, 2.45) is 10.9 Å². The van der Waals surface area contributed by atoms with E-state index in [9.17, 15) is 4.79 Å². The maximum Gasteiger partial charge on any atom is 0.223 e. The van der Waals surface area contributed by atoms with E-state index >= 15 is 0 Å². The van der Waals surface area contributed by atoms with Crippen LogP contribution in [-0.4, -0.2) is 73.0 Å². The molecule has 0 saturated carbocycles. The van der Waals surface area contributed by atoms with Crippen molar-refractivity contribution in [1.29, 1.82) is 0 Å². The Morgan fingerprint density at radius 3 is 2.52 bits per heavy atom. The summed E-state index contributed by atoms with van der Waals surface area (Å²) in [5.74, 6) is 1.42. The summed E-state index contributed by atoms with van der Waals surface area (Å²) >= 11 is 0. The van der Waals surface area contributed by atoms with Crippen LogP contribution in [0.4, 0.5) is 0 Å². The number of aliphatic imine (C=N–C) groups is 1. The molecule has 1 aliphatic heterocycles. The Labute approximate surface area is 189 Å². The second-order valence-corrected chi connectivity index (χ2v) is 9.07. The lowest BCUT2D eigenvalue weighted by Crippen LogP contribution is -2.41. The maximum atomic E-state index is 12.4. The fourth-order valence-corrected chi connectivity index (χ4v) is 4.24. The van der Waals surface area contributed by atoms with Crippen molar-refractivity contribution in [3.05, 3.63) is 35.9 Å². The number of hydrogen-bond acceptors (Lipinski definition) is 3. The Bertz CT molecular complexity index is 666. The van der Waals surface area contributed by atoms with Crippen LogP contribution in [0.1, 0.15) is 53.0 Å². The second kappa shape index (κ2) is 13.4. The number of carbonyl (C=O) groups excluding carboxylic acids is 1. The molecule has 1 heterocycles. The zero-order chi connectivity index (χ0) is 22.6. The molecule has 6 nitrogen and oxygen atoms in total. The largest absolute Gasteiger partial charge is 0.357 e. The molecule has 1 aromatic rings. The average molecular weight is 430 g/mol. The quantitative estimate of drug-likeness (QED) is 0.304. The lowest BCUT2D eigenvalue weighted by Gasteiger charge is -2.30. The molecule has 1 amide bonds. The molecule has 1 fully saturated rings. The Balaban J connectivity index is 1.76. The highest BCUT2D eigenvalue weighted by Gasteiger charge is 2.29. The van der Waals surface area contributed by atoms with Crippen LogP contribution < -0.4 is 10.6 Å². The highest BCUT2D eigenvalue weighted by molar-refractivity contribution is 5.80. The van der Waals surface area contributed by atoms with E-state index in [0.717, 1.165) is 51.5 Å². The summed E-state index contributed by atoms with van der Waals surface area (Å²) in [6.07, 6.45) is 2.60. The molecular weight excluding hydrogens is 386 g/mol. The van der Waals surface area contributed by atoms with Gasteiger partial charge in [0, 0.05) is 63.7 Å². The molecule has 0 aliphatic carbocycles. The molecule has 1 aromatic carbocycles. The number of benzene rings is 1. The second-order valence-electron chi connectivity index (χ2n) is 9.07. The normalized spacial score (nSPS) is 17.3. The van der Waals surface area contributed by atoms with Crippen LogP contribution >= 0.6 is 0 Å². The molecule has 1 aliphatic rings. The van der Waals surface area contributed by atoms with Gasteiger partial charge in [0.25, 0.3) is 0 Å². The van der Waals surface area contributed by atoms with Gasteiger partial charge in [-0.2, -0.15) is 0 Å². The fraction of sp³-hybridized carbons (Fsp3) is 0.680. The monoisotopic (exact) mass is 429 g/mol. The molecule has 2 N–H and O–H groups in total. The van der Waals surface area contributed by atoms with E-state index in [1.54, 1.807) is 0 Å². The van der Waals surface area contributed by atoms with E-state index < -0.39 is 0 Å². The van der Waals surface area contributed by atoms with E-state index in [-0.39, 0.29) is 5.91 Å². The molecule has 174 valence electrons. The van der Waals surface area contributed by atoms with Crippen LogP contribution in [0.25, 0.3) is 0 Å². The number of amides is 1. The molecule has 1 atom stereocenters. The van der Waals surface area contributed by atoms with Gasteiger partial charge in [-0.3, -0.25) is 14.7 Å². The number of rotatable bonds is 12. The summed E-state index contributed by atoms with van der Waals surface area (Å²) < 4.78 is 0. The molecule has 1 unspecified atom stereocenters. The average Bonchev–Trinajstić information content (AvgIpc) is 3.09. The number of likely N-dealkylation sites (tertiary alicyclic amines) is 1. The van der Waals surface area contributed by atoms with Crippen molar-refractivity contribution < 1.29 is 4.79 Å². The lowest BCUT2D eigenvalue weighted by atomic mass is 10.1. The van der Waals surface area contributed by atoms with Gasteiger partial charge in [0.1, 0.15) is 0 Å². The van der Waals surface area contributed by atoms with Crippen LogP contribution in [0.2, 0.25) is 0 Å². The third-order valence-corrected chi connectivity index (χ3v) is 5.87. The Morgan fingerprint density at radius 1 is 1.16 bits per heavy atom. The van der Waals surface area contributed by atoms with Gasteiger partial charge in [-0.05, 0) is 53.0 Å². The predicted molar refractivity (Wildman–Crippen MR) is 130 cm³/mol. The van der Waals surface area contributed by atoms with E-state index in [4.69, 9.17) is 4.99 Å². The molecule has 6 heteroatoms. The highest BCUT2D eigenvalue weighted by Crippen LogP contribution is 2.18. The number of hydrogen-bond donors (Lipinski definition) is 2. The van der Waals surface area contributed by atoms with Gasteiger partial charge in [-0.25, -0.2) is 0 Å². The van der Waals surface area contributed by atoms with Gasteiger partial charge in [-0.1, -0.05) is 30.3 Å². The maximum absolute atomic E-state index is 12.4. The van der Waals surface area contributed by atoms with Gasteiger partial charge in [-0.15, -0.1) is 0 Å². The van der Waals surface area contributed by atoms with Gasteiger partial charge in [0.15, 0.2) is 5.96 Å². The summed E-state index contributed by atoms with van der Waals surface area (Å²) in [7, 11) is 0. The molecule has 0 bridgehead atoms. The third-order valence-electron chi connectivity index (χ3n) is 5.87. The van der Waals surface area contributed by atoms with Crippen LogP contribution in [0.5, 0.6) is 0 Å². The van der Waals surface area contributed by atoms with Crippen molar-refractivity contribution in [2.75, 3.05) is 39.3 Å². The summed E-state index contributed by atoms with van der Waals surface area (Å²) in [6, 6.07) is 11.5. The van der Waals surface area contributed by atoms with Crippen LogP contribution in [0.15, 0.2) is 35.3 Å². The zero-order valence-corrected chi connectivity index (χ0v) is 20.2. The van der Waals surface area contributed by atoms with Crippen molar-refractivity contribution in [3.63, 3.8) is 0 Å². The molecule has 0 radical (unpaired) electrons. The number of carbonyl (C=O) groups is 1. The molecule has 0 aromatic heterocycles. The van der Waals surface area contributed by atoms with Gasteiger partial charge in [0.05, 0.1) is 0 Å². The van der Waals surface area contributed by atoms with Crippen molar-refractivity contribution in [2.45, 2.75) is 66.0 Å². The van der Waals surface area contributed by atoms with Crippen LogP contribution in [0, 0.1) is 5.92 Å². The molecule has 31 heavy (non-hydrogen) atoms. The smallest absolute Gasteiger partial charge is 0.223 e. The van der Waals surface area contributed by atoms with Crippen LogP contribution in [0.3, 0.4) is 0 Å². The van der Waals surface area contributed by atoms with E-state index in [0.29, 0.717) is 31.0 Å². The topological polar surface area (TPSA) is 60.0 Å². The summed E-state index contributed by atoms with van der Waals surface area (Å²) in [4.78, 5) is 21.7. The molecule has 1 saturated heterocycles. The van der Waals surface area contributed by atoms with Gasteiger partial charge in [0.2, 0.25) is 5.91 Å². The minimum Gasteiger partial charge on any atom is -0.357 e.